The molecule has 1 fully saturated rings. The van der Waals surface area contributed by atoms with Crippen LogP contribution in [0.2, 0.25) is 0 Å². The smallest absolute Gasteiger partial charge is 0.242 e. The van der Waals surface area contributed by atoms with Gasteiger partial charge >= 0.3 is 0 Å². The van der Waals surface area contributed by atoms with Crippen LogP contribution < -0.4 is 4.90 Å². The summed E-state index contributed by atoms with van der Waals surface area (Å²) in [7, 11) is 0. The molecule has 6 heteroatoms. The molecule has 5 heterocycles. The van der Waals surface area contributed by atoms with Gasteiger partial charge in [-0.1, -0.05) is 42.5 Å². The highest BCUT2D eigenvalue weighted by atomic mass is 16.2. The summed E-state index contributed by atoms with van der Waals surface area (Å²) in [6.45, 7) is 3.38. The van der Waals surface area contributed by atoms with Crippen molar-refractivity contribution in [3.8, 4) is 0 Å². The predicted molar refractivity (Wildman–Crippen MR) is 149 cm³/mol. The monoisotopic (exact) mass is 499 g/mol. The maximum atomic E-state index is 14.2. The van der Waals surface area contributed by atoms with Gasteiger partial charge in [0.15, 0.2) is 0 Å². The first-order valence-corrected chi connectivity index (χ1v) is 13.3. The van der Waals surface area contributed by atoms with Crippen LogP contribution in [0.5, 0.6) is 0 Å². The quantitative estimate of drug-likeness (QED) is 0.312. The van der Waals surface area contributed by atoms with E-state index in [1.54, 1.807) is 0 Å². The van der Waals surface area contributed by atoms with Crippen LogP contribution in [0.4, 0.5) is 11.4 Å². The fourth-order valence-corrected chi connectivity index (χ4v) is 6.17. The molecule has 5 aromatic rings. The second kappa shape index (κ2) is 9.23. The van der Waals surface area contributed by atoms with Gasteiger partial charge in [0.25, 0.3) is 0 Å². The molecule has 0 saturated carbocycles. The van der Waals surface area contributed by atoms with Crippen molar-refractivity contribution >= 4 is 28.2 Å². The van der Waals surface area contributed by atoms with Crippen molar-refractivity contribution < 1.29 is 4.79 Å². The largest absolute Gasteiger partial charge is 0.344 e. The van der Waals surface area contributed by atoms with E-state index in [0.717, 1.165) is 72.6 Å². The van der Waals surface area contributed by atoms with Gasteiger partial charge in [-0.15, -0.1) is 0 Å². The molecule has 0 atom stereocenters. The number of amides is 1. The Morgan fingerprint density at radius 2 is 1.63 bits per heavy atom. The highest BCUT2D eigenvalue weighted by Gasteiger charge is 2.52. The Balaban J connectivity index is 1.13. The average molecular weight is 500 g/mol. The Hall–Kier alpha value is -4.29. The Kier molecular flexibility index (Phi) is 5.55. The molecule has 0 N–H and O–H groups in total. The zero-order chi connectivity index (χ0) is 25.5. The van der Waals surface area contributed by atoms with E-state index >= 15 is 0 Å². The van der Waals surface area contributed by atoms with Crippen LogP contribution in [0.3, 0.4) is 0 Å². The number of carbonyl (C=O) groups is 1. The molecule has 0 unspecified atom stereocenters. The van der Waals surface area contributed by atoms with Crippen LogP contribution >= 0.6 is 0 Å². The first kappa shape index (κ1) is 22.9. The van der Waals surface area contributed by atoms with Crippen LogP contribution in [0, 0.1) is 0 Å². The van der Waals surface area contributed by atoms with Gasteiger partial charge in [-0.05, 0) is 74.0 Å². The molecule has 7 rings (SSSR count). The minimum atomic E-state index is -0.491. The molecule has 2 aromatic carbocycles. The van der Waals surface area contributed by atoms with Gasteiger partial charge in [0.1, 0.15) is 0 Å². The number of hydrogen-bond acceptors (Lipinski definition) is 4. The fraction of sp³-hybridized carbons (Fsp3) is 0.219. The minimum Gasteiger partial charge on any atom is -0.344 e. The third-order valence-corrected chi connectivity index (χ3v) is 8.18. The lowest BCUT2D eigenvalue weighted by atomic mass is 9.73. The number of para-hydroxylation sites is 2. The van der Waals surface area contributed by atoms with Crippen molar-refractivity contribution in [2.75, 3.05) is 18.0 Å². The number of fused-ring (bicyclic) bond motifs is 3. The van der Waals surface area contributed by atoms with Crippen molar-refractivity contribution in [3.05, 3.63) is 120 Å². The van der Waals surface area contributed by atoms with E-state index < -0.39 is 5.41 Å². The average Bonchev–Trinajstić information content (AvgIpc) is 3.49. The van der Waals surface area contributed by atoms with Crippen molar-refractivity contribution in [2.45, 2.75) is 31.3 Å². The standard InChI is InChI=1S/C32H29N5O/c38-31-32(14-18-35(19-15-32)23-26-10-7-17-36(26)22-25-9-5-6-16-33-25)28-11-2-4-13-30(28)37(31)27-20-24-8-1-3-12-29(24)34-21-27/h1-13,16-17,20-21H,14-15,18-19,22-23H2. The van der Waals surface area contributed by atoms with Gasteiger partial charge in [-0.25, -0.2) is 0 Å². The summed E-state index contributed by atoms with van der Waals surface area (Å²) in [5, 5.41) is 1.04. The molecule has 1 spiro atoms. The normalized spacial score (nSPS) is 16.8. The van der Waals surface area contributed by atoms with Crippen molar-refractivity contribution in [1.82, 2.24) is 19.4 Å². The summed E-state index contributed by atoms with van der Waals surface area (Å²) in [4.78, 5) is 27.7. The predicted octanol–water partition coefficient (Wildman–Crippen LogP) is 5.69. The Morgan fingerprint density at radius 3 is 2.50 bits per heavy atom. The maximum absolute atomic E-state index is 14.2. The van der Waals surface area contributed by atoms with Crippen molar-refractivity contribution in [3.63, 3.8) is 0 Å². The number of pyridine rings is 2. The number of benzene rings is 2. The molecule has 1 saturated heterocycles. The number of aromatic nitrogens is 3. The molecule has 0 radical (unpaired) electrons. The van der Waals surface area contributed by atoms with Crippen LogP contribution in [-0.2, 0) is 23.3 Å². The Morgan fingerprint density at radius 1 is 0.816 bits per heavy atom. The van der Waals surface area contributed by atoms with Crippen LogP contribution in [0.25, 0.3) is 10.9 Å². The first-order valence-electron chi connectivity index (χ1n) is 13.3. The molecule has 0 aliphatic carbocycles. The van der Waals surface area contributed by atoms with Crippen LogP contribution in [-0.4, -0.2) is 38.4 Å². The van der Waals surface area contributed by atoms with Gasteiger partial charge in [0, 0.05) is 30.0 Å². The SMILES string of the molecule is O=C1N(c2cnc3ccccc3c2)c2ccccc2C12CCN(Cc1cccn1Cc1ccccn1)CC2. The summed E-state index contributed by atoms with van der Waals surface area (Å²) in [6, 6.07) is 28.8. The minimum absolute atomic E-state index is 0.175. The number of carbonyl (C=O) groups excluding carboxylic acids is 1. The van der Waals surface area contributed by atoms with E-state index in [9.17, 15) is 4.79 Å². The van der Waals surface area contributed by atoms with E-state index in [1.807, 2.05) is 53.7 Å². The third-order valence-electron chi connectivity index (χ3n) is 8.18. The zero-order valence-electron chi connectivity index (χ0n) is 21.2. The van der Waals surface area contributed by atoms with E-state index in [4.69, 9.17) is 0 Å². The molecular formula is C32H29N5O. The van der Waals surface area contributed by atoms with E-state index in [2.05, 4.69) is 74.2 Å². The summed E-state index contributed by atoms with van der Waals surface area (Å²) >= 11 is 0. The molecule has 1 amide bonds. The van der Waals surface area contributed by atoms with Crippen molar-refractivity contribution in [1.29, 1.82) is 0 Å². The molecule has 2 aliphatic heterocycles. The Bertz CT molecular complexity index is 1620. The lowest BCUT2D eigenvalue weighted by Crippen LogP contribution is -2.47. The number of likely N-dealkylation sites (tertiary alicyclic amines) is 1. The highest BCUT2D eigenvalue weighted by Crippen LogP contribution is 2.50. The topological polar surface area (TPSA) is 54.3 Å². The lowest BCUT2D eigenvalue weighted by molar-refractivity contribution is -0.124. The Labute approximate surface area is 222 Å². The molecule has 3 aromatic heterocycles. The van der Waals surface area contributed by atoms with E-state index in [-0.39, 0.29) is 5.91 Å². The molecule has 0 bridgehead atoms. The number of hydrogen-bond donors (Lipinski definition) is 0. The van der Waals surface area contributed by atoms with Crippen LogP contribution in [0.15, 0.2) is 104 Å². The van der Waals surface area contributed by atoms with E-state index in [0.29, 0.717) is 0 Å². The van der Waals surface area contributed by atoms with Crippen molar-refractivity contribution in [2.24, 2.45) is 0 Å². The number of piperidine rings is 1. The lowest BCUT2D eigenvalue weighted by Gasteiger charge is -2.38. The summed E-state index contributed by atoms with van der Waals surface area (Å²) in [6.07, 6.45) is 7.42. The molecule has 2 aliphatic rings. The van der Waals surface area contributed by atoms with Gasteiger partial charge in [0.05, 0.1) is 40.7 Å². The second-order valence-corrected chi connectivity index (χ2v) is 10.4. The summed E-state index contributed by atoms with van der Waals surface area (Å²) in [5.74, 6) is 0.175. The van der Waals surface area contributed by atoms with Gasteiger partial charge in [-0.2, -0.15) is 0 Å². The molecule has 38 heavy (non-hydrogen) atoms. The zero-order valence-corrected chi connectivity index (χ0v) is 21.2. The molecule has 6 nitrogen and oxygen atoms in total. The van der Waals surface area contributed by atoms with Gasteiger partial charge in [-0.3, -0.25) is 24.6 Å². The fourth-order valence-electron chi connectivity index (χ4n) is 6.17. The van der Waals surface area contributed by atoms with Crippen LogP contribution in [0.1, 0.15) is 29.8 Å². The third kappa shape index (κ3) is 3.80. The number of anilines is 2. The highest BCUT2D eigenvalue weighted by molar-refractivity contribution is 6.13. The summed E-state index contributed by atoms with van der Waals surface area (Å²) < 4.78 is 2.27. The maximum Gasteiger partial charge on any atom is 0.242 e. The second-order valence-electron chi connectivity index (χ2n) is 10.4. The first-order chi connectivity index (χ1) is 18.7. The molecule has 188 valence electrons. The molecular weight excluding hydrogens is 470 g/mol. The number of nitrogens with zero attached hydrogens (tertiary/aromatic N) is 5. The van der Waals surface area contributed by atoms with E-state index in [1.165, 1.54) is 5.69 Å². The number of rotatable bonds is 5. The van der Waals surface area contributed by atoms with Gasteiger partial charge in [0.2, 0.25) is 5.91 Å². The van der Waals surface area contributed by atoms with Gasteiger partial charge < -0.3 is 4.57 Å². The summed E-state index contributed by atoms with van der Waals surface area (Å²) in [5.41, 5.74) is 5.75.